The van der Waals surface area contributed by atoms with Crippen LogP contribution in [0.5, 0.6) is 11.5 Å². The number of nitrogens with one attached hydrogen (secondary N) is 1. The molecule has 2 aromatic rings. The molecule has 1 aliphatic rings. The van der Waals surface area contributed by atoms with Crippen LogP contribution in [-0.2, 0) is 29.0 Å². The lowest BCUT2D eigenvalue weighted by Crippen LogP contribution is -2.33. The van der Waals surface area contributed by atoms with Crippen molar-refractivity contribution in [2.24, 2.45) is 5.92 Å². The molecule has 0 bridgehead atoms. The molecule has 1 N–H and O–H groups in total. The van der Waals surface area contributed by atoms with Gasteiger partial charge in [-0.1, -0.05) is 37.3 Å². The molecule has 1 saturated heterocycles. The molecule has 1 fully saturated rings. The van der Waals surface area contributed by atoms with E-state index in [-0.39, 0.29) is 24.2 Å². The first-order chi connectivity index (χ1) is 14.5. The Labute approximate surface area is 178 Å². The quantitative estimate of drug-likeness (QED) is 0.690. The zero-order valence-electron chi connectivity index (χ0n) is 17.9. The molecule has 0 spiro atoms. The van der Waals surface area contributed by atoms with Gasteiger partial charge < -0.3 is 19.7 Å². The standard InChI is InChI=1S/C24H30N2O4/c1-4-17-5-7-19(8-6-17)15-25-24(28)20-14-23(27)26(16-20)12-11-18-9-10-21(29-2)22(13-18)30-3/h5-10,13,20H,4,11-12,14-16H2,1-3H3,(H,25,28)/t20-/m0/s1. The largest absolute Gasteiger partial charge is 0.493 e. The van der Waals surface area contributed by atoms with Crippen LogP contribution in [0.1, 0.15) is 30.0 Å². The summed E-state index contributed by atoms with van der Waals surface area (Å²) in [6, 6.07) is 14.0. The lowest BCUT2D eigenvalue weighted by Gasteiger charge is -2.17. The highest BCUT2D eigenvalue weighted by atomic mass is 16.5. The number of rotatable bonds is 9. The minimum Gasteiger partial charge on any atom is -0.493 e. The van der Waals surface area contributed by atoms with Crippen molar-refractivity contribution < 1.29 is 19.1 Å². The van der Waals surface area contributed by atoms with E-state index in [0.29, 0.717) is 37.6 Å². The zero-order valence-corrected chi connectivity index (χ0v) is 17.9. The fourth-order valence-corrected chi connectivity index (χ4v) is 3.69. The first-order valence-corrected chi connectivity index (χ1v) is 10.4. The molecule has 0 aromatic heterocycles. The normalized spacial score (nSPS) is 15.9. The van der Waals surface area contributed by atoms with Gasteiger partial charge in [0.05, 0.1) is 20.1 Å². The van der Waals surface area contributed by atoms with Gasteiger partial charge in [-0.15, -0.1) is 0 Å². The smallest absolute Gasteiger partial charge is 0.225 e. The van der Waals surface area contributed by atoms with E-state index in [1.54, 1.807) is 19.1 Å². The lowest BCUT2D eigenvalue weighted by atomic mass is 10.1. The highest BCUT2D eigenvalue weighted by Gasteiger charge is 2.33. The Morgan fingerprint density at radius 1 is 1.03 bits per heavy atom. The Hall–Kier alpha value is -3.02. The van der Waals surface area contributed by atoms with E-state index in [9.17, 15) is 9.59 Å². The number of hydrogen-bond acceptors (Lipinski definition) is 4. The van der Waals surface area contributed by atoms with Crippen LogP contribution in [0.25, 0.3) is 0 Å². The fraction of sp³-hybridized carbons (Fsp3) is 0.417. The zero-order chi connectivity index (χ0) is 21.5. The maximum absolute atomic E-state index is 12.5. The Morgan fingerprint density at radius 2 is 1.70 bits per heavy atom. The summed E-state index contributed by atoms with van der Waals surface area (Å²) in [6.07, 6.45) is 1.96. The topological polar surface area (TPSA) is 67.9 Å². The second-order valence-electron chi connectivity index (χ2n) is 7.57. The number of carbonyl (C=O) groups is 2. The van der Waals surface area contributed by atoms with Crippen LogP contribution >= 0.6 is 0 Å². The molecule has 1 aliphatic heterocycles. The van der Waals surface area contributed by atoms with Crippen molar-refractivity contribution in [2.45, 2.75) is 32.7 Å². The van der Waals surface area contributed by atoms with Crippen LogP contribution in [0.4, 0.5) is 0 Å². The number of benzene rings is 2. The summed E-state index contributed by atoms with van der Waals surface area (Å²) in [6.45, 7) is 3.65. The minimum absolute atomic E-state index is 0.0305. The van der Waals surface area contributed by atoms with Gasteiger partial charge in [-0.3, -0.25) is 9.59 Å². The number of ether oxygens (including phenoxy) is 2. The molecule has 30 heavy (non-hydrogen) atoms. The number of carbonyl (C=O) groups excluding carboxylic acids is 2. The number of aryl methyl sites for hydroxylation is 1. The molecule has 0 aliphatic carbocycles. The molecule has 0 radical (unpaired) electrons. The lowest BCUT2D eigenvalue weighted by molar-refractivity contribution is -0.129. The number of likely N-dealkylation sites (tertiary alicyclic amines) is 1. The van der Waals surface area contributed by atoms with E-state index in [1.807, 2.05) is 30.3 Å². The summed E-state index contributed by atoms with van der Waals surface area (Å²) in [5.41, 5.74) is 3.40. The van der Waals surface area contributed by atoms with Crippen LogP contribution in [0.2, 0.25) is 0 Å². The Kier molecular flexibility index (Phi) is 7.33. The average Bonchev–Trinajstić information content (AvgIpc) is 3.16. The molecule has 1 heterocycles. The number of nitrogens with zero attached hydrogens (tertiary/aromatic N) is 1. The van der Waals surface area contributed by atoms with Gasteiger partial charge in [0.25, 0.3) is 0 Å². The van der Waals surface area contributed by atoms with Crippen LogP contribution in [0.3, 0.4) is 0 Å². The van der Waals surface area contributed by atoms with Gasteiger partial charge in [0.15, 0.2) is 11.5 Å². The van der Waals surface area contributed by atoms with Gasteiger partial charge in [0.2, 0.25) is 11.8 Å². The highest BCUT2D eigenvalue weighted by Crippen LogP contribution is 2.28. The van der Waals surface area contributed by atoms with Gasteiger partial charge in [0, 0.05) is 26.1 Å². The number of hydrogen-bond donors (Lipinski definition) is 1. The molecule has 2 aromatic carbocycles. The second kappa shape index (κ2) is 10.1. The molecule has 0 saturated carbocycles. The van der Waals surface area contributed by atoms with E-state index in [2.05, 4.69) is 24.4 Å². The third kappa shape index (κ3) is 5.32. The van der Waals surface area contributed by atoms with Crippen LogP contribution in [0, 0.1) is 5.92 Å². The van der Waals surface area contributed by atoms with Crippen molar-refractivity contribution in [3.05, 3.63) is 59.2 Å². The Morgan fingerprint density at radius 3 is 2.37 bits per heavy atom. The first-order valence-electron chi connectivity index (χ1n) is 10.4. The maximum atomic E-state index is 12.5. The van der Waals surface area contributed by atoms with Crippen LogP contribution < -0.4 is 14.8 Å². The average molecular weight is 411 g/mol. The number of methoxy groups -OCH3 is 2. The van der Waals surface area contributed by atoms with E-state index in [1.165, 1.54) is 5.56 Å². The summed E-state index contributed by atoms with van der Waals surface area (Å²) in [5, 5.41) is 2.97. The predicted octanol–water partition coefficient (Wildman–Crippen LogP) is 2.97. The van der Waals surface area contributed by atoms with Crippen molar-refractivity contribution >= 4 is 11.8 Å². The molecule has 0 unspecified atom stereocenters. The summed E-state index contributed by atoms with van der Waals surface area (Å²) in [5.74, 6) is 1.03. The Balaban J connectivity index is 1.49. The maximum Gasteiger partial charge on any atom is 0.225 e. The third-order valence-corrected chi connectivity index (χ3v) is 5.60. The summed E-state index contributed by atoms with van der Waals surface area (Å²) >= 11 is 0. The monoisotopic (exact) mass is 410 g/mol. The van der Waals surface area contributed by atoms with Gasteiger partial charge in [0.1, 0.15) is 0 Å². The van der Waals surface area contributed by atoms with Crippen molar-refractivity contribution in [2.75, 3.05) is 27.3 Å². The number of amides is 2. The van der Waals surface area contributed by atoms with Gasteiger partial charge >= 0.3 is 0 Å². The van der Waals surface area contributed by atoms with Crippen molar-refractivity contribution in [3.63, 3.8) is 0 Å². The predicted molar refractivity (Wildman–Crippen MR) is 116 cm³/mol. The molecule has 3 rings (SSSR count). The van der Waals surface area contributed by atoms with E-state index < -0.39 is 0 Å². The van der Waals surface area contributed by atoms with Gasteiger partial charge in [-0.25, -0.2) is 0 Å². The molecule has 6 heteroatoms. The summed E-state index contributed by atoms with van der Waals surface area (Å²) in [7, 11) is 3.21. The van der Waals surface area contributed by atoms with Crippen LogP contribution in [-0.4, -0.2) is 44.0 Å². The fourth-order valence-electron chi connectivity index (χ4n) is 3.69. The van der Waals surface area contributed by atoms with E-state index in [4.69, 9.17) is 9.47 Å². The van der Waals surface area contributed by atoms with Crippen molar-refractivity contribution in [1.29, 1.82) is 0 Å². The third-order valence-electron chi connectivity index (χ3n) is 5.60. The highest BCUT2D eigenvalue weighted by molar-refractivity contribution is 5.89. The second-order valence-corrected chi connectivity index (χ2v) is 7.57. The van der Waals surface area contributed by atoms with E-state index >= 15 is 0 Å². The molecule has 160 valence electrons. The molecular weight excluding hydrogens is 380 g/mol. The van der Waals surface area contributed by atoms with Gasteiger partial charge in [-0.05, 0) is 41.7 Å². The van der Waals surface area contributed by atoms with Gasteiger partial charge in [-0.2, -0.15) is 0 Å². The summed E-state index contributed by atoms with van der Waals surface area (Å²) in [4.78, 5) is 26.7. The van der Waals surface area contributed by atoms with Crippen molar-refractivity contribution in [1.82, 2.24) is 10.2 Å². The molecule has 1 atom stereocenters. The van der Waals surface area contributed by atoms with E-state index in [0.717, 1.165) is 17.5 Å². The molecule has 2 amide bonds. The SMILES string of the molecule is CCc1ccc(CNC(=O)[C@H]2CC(=O)N(CCc3ccc(OC)c(OC)c3)C2)cc1. The first kappa shape index (κ1) is 21.7. The molecular formula is C24H30N2O4. The Bertz CT molecular complexity index is 879. The molecule has 6 nitrogen and oxygen atoms in total. The van der Waals surface area contributed by atoms with Crippen molar-refractivity contribution in [3.8, 4) is 11.5 Å². The minimum atomic E-state index is -0.294. The summed E-state index contributed by atoms with van der Waals surface area (Å²) < 4.78 is 10.6. The van der Waals surface area contributed by atoms with Crippen LogP contribution in [0.15, 0.2) is 42.5 Å².